The van der Waals surface area contributed by atoms with Crippen LogP contribution in [0.1, 0.15) is 0 Å². The van der Waals surface area contributed by atoms with Crippen LogP contribution in [-0.4, -0.2) is 35.9 Å². The molecule has 0 spiro atoms. The number of para-hydroxylation sites is 1. The SMILES string of the molecule is [O-][Cl+3]([O-])([O-])O.c1ccc(Nc2nc([P+](c3ccccc3)(c3ccccc3)c3ccccc3)c(N3CCOCC3)o2)cc1. The highest BCUT2D eigenvalue weighted by molar-refractivity contribution is 8.01. The third-order valence-electron chi connectivity index (χ3n) is 6.66. The molecular formula is C31H30ClN3O6P+. The summed E-state index contributed by atoms with van der Waals surface area (Å²) in [6.07, 6.45) is 0. The van der Waals surface area contributed by atoms with E-state index in [1.165, 1.54) is 15.9 Å². The molecule has 2 heterocycles. The first-order valence-corrected chi connectivity index (χ1v) is 16.3. The van der Waals surface area contributed by atoms with Crippen LogP contribution in [0, 0.1) is 10.2 Å². The number of benzene rings is 4. The summed E-state index contributed by atoms with van der Waals surface area (Å²) in [5.41, 5.74) is 1.91. The Labute approximate surface area is 246 Å². The minimum absolute atomic E-state index is 0.495. The van der Waals surface area contributed by atoms with Crippen molar-refractivity contribution >= 4 is 46.2 Å². The van der Waals surface area contributed by atoms with Crippen molar-refractivity contribution in [2.75, 3.05) is 36.5 Å². The van der Waals surface area contributed by atoms with Gasteiger partial charge in [-0.25, -0.2) is 0 Å². The Kier molecular flexibility index (Phi) is 9.51. The molecule has 11 heteroatoms. The third-order valence-corrected chi connectivity index (χ3v) is 10.8. The number of rotatable bonds is 7. The molecule has 0 unspecified atom stereocenters. The van der Waals surface area contributed by atoms with E-state index in [1.807, 2.05) is 30.3 Å². The van der Waals surface area contributed by atoms with E-state index in [4.69, 9.17) is 32.8 Å². The van der Waals surface area contributed by atoms with E-state index >= 15 is 0 Å². The Bertz CT molecular complexity index is 1430. The first-order chi connectivity index (χ1) is 20.4. The first kappa shape index (κ1) is 29.7. The molecule has 0 aliphatic carbocycles. The van der Waals surface area contributed by atoms with Gasteiger partial charge in [-0.1, -0.05) is 72.8 Å². The van der Waals surface area contributed by atoms with Crippen LogP contribution in [0.5, 0.6) is 0 Å². The Morgan fingerprint density at radius 3 is 1.52 bits per heavy atom. The van der Waals surface area contributed by atoms with Crippen LogP contribution in [0.2, 0.25) is 0 Å². The zero-order chi connectivity index (χ0) is 29.4. The molecule has 1 saturated heterocycles. The summed E-state index contributed by atoms with van der Waals surface area (Å²) >= 11 is 0. The number of nitrogens with one attached hydrogen (secondary N) is 1. The van der Waals surface area contributed by atoms with Gasteiger partial charge in [0.15, 0.2) is 7.26 Å². The predicted octanol–water partition coefficient (Wildman–Crippen LogP) is 0.750. The van der Waals surface area contributed by atoms with Gasteiger partial charge in [-0.2, -0.15) is 19.0 Å². The fraction of sp³-hybridized carbons (Fsp3) is 0.129. The lowest BCUT2D eigenvalue weighted by atomic mass is 10.3. The number of halogens is 1. The van der Waals surface area contributed by atoms with Gasteiger partial charge in [-0.3, -0.25) is 0 Å². The summed E-state index contributed by atoms with van der Waals surface area (Å²) < 4.78 is 45.0. The predicted molar refractivity (Wildman–Crippen MR) is 156 cm³/mol. The molecule has 0 saturated carbocycles. The van der Waals surface area contributed by atoms with Crippen LogP contribution in [0.4, 0.5) is 17.6 Å². The average Bonchev–Trinajstić information content (AvgIpc) is 3.43. The number of oxazole rings is 1. The Hall–Kier alpha value is -3.79. The molecule has 0 atom stereocenters. The number of hydrogen-bond acceptors (Lipinski definition) is 9. The molecule has 0 radical (unpaired) electrons. The van der Waals surface area contributed by atoms with Crippen molar-refractivity contribution in [1.29, 1.82) is 0 Å². The summed E-state index contributed by atoms with van der Waals surface area (Å²) in [7, 11) is -7.12. The number of morpholine rings is 1. The summed E-state index contributed by atoms with van der Waals surface area (Å²) in [5, 5.41) is 7.12. The molecule has 1 aliphatic rings. The molecule has 2 N–H and O–H groups in total. The van der Waals surface area contributed by atoms with Gasteiger partial charge in [0, 0.05) is 18.8 Å². The maximum atomic E-state index is 8.60. The number of ether oxygens (including phenoxy) is 1. The van der Waals surface area contributed by atoms with E-state index in [-0.39, 0.29) is 0 Å². The fourth-order valence-corrected chi connectivity index (χ4v) is 9.16. The molecule has 0 bridgehead atoms. The maximum Gasteiger partial charge on any atom is 0.304 e. The van der Waals surface area contributed by atoms with E-state index in [1.54, 1.807) is 0 Å². The molecule has 1 aromatic heterocycles. The van der Waals surface area contributed by atoms with E-state index in [0.717, 1.165) is 30.1 Å². The fourth-order valence-electron chi connectivity index (χ4n) is 4.96. The van der Waals surface area contributed by atoms with Crippen molar-refractivity contribution in [2.45, 2.75) is 0 Å². The normalized spacial score (nSPS) is 13.7. The van der Waals surface area contributed by atoms with Crippen LogP contribution in [-0.2, 0) is 4.74 Å². The van der Waals surface area contributed by atoms with Crippen LogP contribution in [0.15, 0.2) is 126 Å². The van der Waals surface area contributed by atoms with Crippen molar-refractivity contribution in [3.8, 4) is 0 Å². The minimum atomic E-state index is -4.69. The van der Waals surface area contributed by atoms with Crippen molar-refractivity contribution in [2.24, 2.45) is 0 Å². The van der Waals surface area contributed by atoms with Crippen LogP contribution >= 0.6 is 7.26 Å². The van der Waals surface area contributed by atoms with Gasteiger partial charge >= 0.3 is 6.01 Å². The van der Waals surface area contributed by atoms with Crippen molar-refractivity contribution in [3.63, 3.8) is 0 Å². The molecule has 1 fully saturated rings. The largest absolute Gasteiger partial charge is 0.402 e. The highest BCUT2D eigenvalue weighted by atomic mass is 35.7. The number of aromatic nitrogens is 1. The van der Waals surface area contributed by atoms with Gasteiger partial charge in [-0.15, -0.1) is 0 Å². The highest BCUT2D eigenvalue weighted by Crippen LogP contribution is 2.56. The van der Waals surface area contributed by atoms with Gasteiger partial charge in [-0.05, 0) is 48.5 Å². The second-order valence-corrected chi connectivity index (χ2v) is 13.4. The van der Waals surface area contributed by atoms with Crippen molar-refractivity contribution in [1.82, 2.24) is 4.98 Å². The van der Waals surface area contributed by atoms with Gasteiger partial charge in [0.25, 0.3) is 11.3 Å². The second kappa shape index (κ2) is 13.5. The molecule has 9 nitrogen and oxygen atoms in total. The minimum Gasteiger partial charge on any atom is -0.402 e. The van der Waals surface area contributed by atoms with Crippen LogP contribution < -0.4 is 45.5 Å². The van der Waals surface area contributed by atoms with E-state index in [0.29, 0.717) is 19.2 Å². The smallest absolute Gasteiger partial charge is 0.304 e. The van der Waals surface area contributed by atoms with Gasteiger partial charge < -0.3 is 19.4 Å². The Morgan fingerprint density at radius 1 is 0.690 bits per heavy atom. The molecule has 6 rings (SSSR count). The Morgan fingerprint density at radius 2 is 1.10 bits per heavy atom. The number of nitrogens with zero attached hydrogens (tertiary/aromatic N) is 2. The lowest BCUT2D eigenvalue weighted by Crippen LogP contribution is -2.58. The highest BCUT2D eigenvalue weighted by Gasteiger charge is 2.53. The Balaban J connectivity index is 0.000000652. The topological polar surface area (TPSA) is 140 Å². The molecular weight excluding hydrogens is 577 g/mol. The zero-order valence-corrected chi connectivity index (χ0v) is 24.2. The van der Waals surface area contributed by atoms with Gasteiger partial charge in [0.1, 0.15) is 15.9 Å². The summed E-state index contributed by atoms with van der Waals surface area (Å²) in [4.78, 5) is 7.55. The molecule has 0 amide bonds. The number of anilines is 3. The average molecular weight is 607 g/mol. The summed E-state index contributed by atoms with van der Waals surface area (Å²) in [5.74, 6) is 0.812. The molecule has 216 valence electrons. The van der Waals surface area contributed by atoms with Crippen molar-refractivity contribution in [3.05, 3.63) is 121 Å². The number of hydrogen-bond donors (Lipinski definition) is 2. The molecule has 4 aromatic carbocycles. The second-order valence-electron chi connectivity index (χ2n) is 9.31. The maximum absolute atomic E-state index is 8.60. The van der Waals surface area contributed by atoms with Crippen LogP contribution in [0.25, 0.3) is 0 Å². The molecule has 5 aromatic rings. The summed E-state index contributed by atoms with van der Waals surface area (Å²) in [6, 6.07) is 42.9. The lowest BCUT2D eigenvalue weighted by Gasteiger charge is -2.30. The van der Waals surface area contributed by atoms with Crippen molar-refractivity contribution < 1.29 is 38.0 Å². The van der Waals surface area contributed by atoms with E-state index in [2.05, 4.69) is 101 Å². The standard InChI is InChI=1S/C31H29N3O2P.ClHO4/c1-5-13-25(14-6-1)32-31-33-29(30(36-31)34-21-23-35-24-22-34)37(26-15-7-2-8-16-26,27-17-9-3-10-18-27)28-19-11-4-12-20-28;2-1(3,4)5/h1-20H,21-24H2,(H,32,33);(H,2,3,4,5)/q+1;. The van der Waals surface area contributed by atoms with Gasteiger partial charge in [0.05, 0.1) is 28.1 Å². The third kappa shape index (κ3) is 6.98. The van der Waals surface area contributed by atoms with Crippen LogP contribution in [0.3, 0.4) is 0 Å². The lowest BCUT2D eigenvalue weighted by molar-refractivity contribution is -1.92. The van der Waals surface area contributed by atoms with E-state index in [9.17, 15) is 0 Å². The molecule has 42 heavy (non-hydrogen) atoms. The van der Waals surface area contributed by atoms with Gasteiger partial charge in [0.2, 0.25) is 0 Å². The zero-order valence-electron chi connectivity index (χ0n) is 22.6. The molecule has 1 aliphatic heterocycles. The monoisotopic (exact) mass is 606 g/mol. The first-order valence-electron chi connectivity index (χ1n) is 13.2. The quantitative estimate of drug-likeness (QED) is 0.257. The summed E-state index contributed by atoms with van der Waals surface area (Å²) in [6.45, 7) is 2.83. The van der Waals surface area contributed by atoms with E-state index < -0.39 is 17.5 Å².